The lowest BCUT2D eigenvalue weighted by Gasteiger charge is -2.36. The molecule has 1 aliphatic carbocycles. The van der Waals surface area contributed by atoms with Gasteiger partial charge in [-0.05, 0) is 39.5 Å². The number of aliphatic carboxylic acids is 1. The summed E-state index contributed by atoms with van der Waals surface area (Å²) in [6.07, 6.45) is 2.09. The minimum Gasteiger partial charge on any atom is -0.481 e. The van der Waals surface area contributed by atoms with E-state index in [2.05, 4.69) is 0 Å². The summed E-state index contributed by atoms with van der Waals surface area (Å²) in [6.45, 7) is 4.87. The van der Waals surface area contributed by atoms with Crippen LogP contribution in [-0.4, -0.2) is 40.9 Å². The molecule has 2 atom stereocenters. The van der Waals surface area contributed by atoms with Crippen molar-refractivity contribution in [1.29, 1.82) is 0 Å². The summed E-state index contributed by atoms with van der Waals surface area (Å²) in [5, 5.41) is 9.42. The minimum absolute atomic E-state index is 0.0952. The highest BCUT2D eigenvalue weighted by Crippen LogP contribution is 2.36. The van der Waals surface area contributed by atoms with Gasteiger partial charge in [-0.3, -0.25) is 14.4 Å². The molecule has 1 heterocycles. The SMILES string of the molecule is CC1=C(C)C[C@@H](C(=O)O)[C@@H](C(=O)N2CCC(C(N)=O)CC2)C1. The zero-order valence-corrected chi connectivity index (χ0v) is 13.2. The number of allylic oxidation sites excluding steroid dienone is 2. The summed E-state index contributed by atoms with van der Waals surface area (Å²) in [6, 6.07) is 0. The third-order valence-electron chi connectivity index (χ3n) is 5.11. The molecule has 122 valence electrons. The average molecular weight is 308 g/mol. The van der Waals surface area contributed by atoms with Crippen molar-refractivity contribution in [3.63, 3.8) is 0 Å². The van der Waals surface area contributed by atoms with E-state index in [1.165, 1.54) is 0 Å². The van der Waals surface area contributed by atoms with Gasteiger partial charge in [-0.1, -0.05) is 11.1 Å². The van der Waals surface area contributed by atoms with Gasteiger partial charge in [-0.15, -0.1) is 0 Å². The molecule has 0 aromatic heterocycles. The fourth-order valence-electron chi connectivity index (χ4n) is 3.43. The van der Waals surface area contributed by atoms with Gasteiger partial charge in [0.25, 0.3) is 0 Å². The third-order valence-corrected chi connectivity index (χ3v) is 5.11. The second-order valence-corrected chi connectivity index (χ2v) is 6.52. The Hall–Kier alpha value is -1.85. The van der Waals surface area contributed by atoms with Gasteiger partial charge in [-0.25, -0.2) is 0 Å². The van der Waals surface area contributed by atoms with Crippen molar-refractivity contribution in [2.24, 2.45) is 23.5 Å². The number of carbonyl (C=O) groups excluding carboxylic acids is 2. The van der Waals surface area contributed by atoms with E-state index in [4.69, 9.17) is 5.73 Å². The molecular weight excluding hydrogens is 284 g/mol. The summed E-state index contributed by atoms with van der Waals surface area (Å²) in [4.78, 5) is 37.1. The van der Waals surface area contributed by atoms with Crippen LogP contribution in [-0.2, 0) is 14.4 Å². The quantitative estimate of drug-likeness (QED) is 0.764. The molecule has 2 rings (SSSR count). The maximum atomic E-state index is 12.7. The molecule has 0 spiro atoms. The van der Waals surface area contributed by atoms with Gasteiger partial charge >= 0.3 is 5.97 Å². The normalized spacial score (nSPS) is 26.9. The van der Waals surface area contributed by atoms with Gasteiger partial charge < -0.3 is 15.7 Å². The lowest BCUT2D eigenvalue weighted by atomic mass is 9.75. The molecule has 1 fully saturated rings. The van der Waals surface area contributed by atoms with Crippen molar-refractivity contribution >= 4 is 17.8 Å². The Kier molecular flexibility index (Phi) is 4.88. The van der Waals surface area contributed by atoms with Crippen LogP contribution in [0.2, 0.25) is 0 Å². The molecule has 0 aromatic carbocycles. The lowest BCUT2D eigenvalue weighted by Crippen LogP contribution is -2.47. The number of carboxylic acids is 1. The van der Waals surface area contributed by atoms with Crippen LogP contribution >= 0.6 is 0 Å². The molecular formula is C16H24N2O4. The number of hydrogen-bond donors (Lipinski definition) is 2. The van der Waals surface area contributed by atoms with E-state index in [1.54, 1.807) is 4.90 Å². The van der Waals surface area contributed by atoms with Crippen LogP contribution in [0, 0.1) is 17.8 Å². The lowest BCUT2D eigenvalue weighted by molar-refractivity contribution is -0.151. The molecule has 1 saturated heterocycles. The number of hydrogen-bond acceptors (Lipinski definition) is 3. The Morgan fingerprint density at radius 1 is 1.05 bits per heavy atom. The standard InChI is InChI=1S/C16H24N2O4/c1-9-7-12(13(16(21)22)8-10(9)2)15(20)18-5-3-11(4-6-18)14(17)19/h11-13H,3-8H2,1-2H3,(H2,17,19)(H,21,22)/t12-,13+/m0/s1. The van der Waals surface area contributed by atoms with E-state index in [-0.39, 0.29) is 17.7 Å². The first-order chi connectivity index (χ1) is 10.3. The number of primary amides is 1. The van der Waals surface area contributed by atoms with Crippen LogP contribution < -0.4 is 5.73 Å². The zero-order valence-electron chi connectivity index (χ0n) is 13.2. The van der Waals surface area contributed by atoms with E-state index in [0.29, 0.717) is 38.8 Å². The molecule has 3 N–H and O–H groups in total. The number of rotatable bonds is 3. The van der Waals surface area contributed by atoms with Crippen LogP contribution in [0.1, 0.15) is 39.5 Å². The van der Waals surface area contributed by atoms with Gasteiger partial charge in [0.15, 0.2) is 0 Å². The smallest absolute Gasteiger partial charge is 0.307 e. The molecule has 22 heavy (non-hydrogen) atoms. The maximum Gasteiger partial charge on any atom is 0.307 e. The van der Waals surface area contributed by atoms with E-state index in [0.717, 1.165) is 11.1 Å². The van der Waals surface area contributed by atoms with Crippen molar-refractivity contribution in [2.45, 2.75) is 39.5 Å². The molecule has 1 aliphatic heterocycles. The number of nitrogens with two attached hydrogens (primary N) is 1. The topological polar surface area (TPSA) is 101 Å². The van der Waals surface area contributed by atoms with Crippen molar-refractivity contribution in [3.05, 3.63) is 11.1 Å². The summed E-state index contributed by atoms with van der Waals surface area (Å²) >= 11 is 0. The second-order valence-electron chi connectivity index (χ2n) is 6.52. The molecule has 2 aliphatic rings. The van der Waals surface area contributed by atoms with E-state index < -0.39 is 17.8 Å². The minimum atomic E-state index is -0.905. The van der Waals surface area contributed by atoms with Crippen molar-refractivity contribution in [3.8, 4) is 0 Å². The molecule has 0 bridgehead atoms. The number of carbonyl (C=O) groups is 3. The van der Waals surface area contributed by atoms with E-state index >= 15 is 0 Å². The Labute approximate surface area is 130 Å². The molecule has 6 heteroatoms. The molecule has 0 radical (unpaired) electrons. The highest BCUT2D eigenvalue weighted by Gasteiger charge is 2.40. The van der Waals surface area contributed by atoms with Crippen LogP contribution in [0.25, 0.3) is 0 Å². The zero-order chi connectivity index (χ0) is 16.4. The van der Waals surface area contributed by atoms with Crippen LogP contribution in [0.4, 0.5) is 0 Å². The van der Waals surface area contributed by atoms with Gasteiger partial charge in [0, 0.05) is 19.0 Å². The fourth-order valence-corrected chi connectivity index (χ4v) is 3.43. The van der Waals surface area contributed by atoms with E-state index in [9.17, 15) is 19.5 Å². The van der Waals surface area contributed by atoms with Crippen molar-refractivity contribution in [2.75, 3.05) is 13.1 Å². The maximum absolute atomic E-state index is 12.7. The summed E-state index contributed by atoms with van der Waals surface area (Å²) in [7, 11) is 0. The molecule has 0 saturated carbocycles. The molecule has 6 nitrogen and oxygen atoms in total. The van der Waals surface area contributed by atoms with Gasteiger partial charge in [0.2, 0.25) is 11.8 Å². The molecule has 0 aromatic rings. The number of carboxylic acid groups (broad SMARTS) is 1. The largest absolute Gasteiger partial charge is 0.481 e. The number of likely N-dealkylation sites (tertiary alicyclic amines) is 1. The summed E-state index contributed by atoms with van der Waals surface area (Å²) < 4.78 is 0. The van der Waals surface area contributed by atoms with Gasteiger partial charge in [0.05, 0.1) is 11.8 Å². The number of amides is 2. The van der Waals surface area contributed by atoms with Gasteiger partial charge in [0.1, 0.15) is 0 Å². The Bertz CT molecular complexity index is 518. The number of piperidine rings is 1. The first-order valence-corrected chi connectivity index (χ1v) is 7.77. The van der Waals surface area contributed by atoms with Crippen LogP contribution in [0.5, 0.6) is 0 Å². The molecule has 2 amide bonds. The average Bonchev–Trinajstić information content (AvgIpc) is 2.48. The van der Waals surface area contributed by atoms with Crippen molar-refractivity contribution in [1.82, 2.24) is 4.90 Å². The van der Waals surface area contributed by atoms with Crippen LogP contribution in [0.15, 0.2) is 11.1 Å². The first-order valence-electron chi connectivity index (χ1n) is 7.77. The van der Waals surface area contributed by atoms with E-state index in [1.807, 2.05) is 13.8 Å². The number of nitrogens with zero attached hydrogens (tertiary/aromatic N) is 1. The first kappa shape index (κ1) is 16.5. The van der Waals surface area contributed by atoms with Crippen LogP contribution in [0.3, 0.4) is 0 Å². The summed E-state index contributed by atoms with van der Waals surface area (Å²) in [5.74, 6) is -2.63. The Morgan fingerprint density at radius 3 is 2.00 bits per heavy atom. The highest BCUT2D eigenvalue weighted by molar-refractivity contribution is 5.86. The van der Waals surface area contributed by atoms with Crippen molar-refractivity contribution < 1.29 is 19.5 Å². The Morgan fingerprint density at radius 2 is 1.55 bits per heavy atom. The molecule has 0 unspecified atom stereocenters. The monoisotopic (exact) mass is 308 g/mol. The fraction of sp³-hybridized carbons (Fsp3) is 0.688. The second kappa shape index (κ2) is 6.50. The van der Waals surface area contributed by atoms with Gasteiger partial charge in [-0.2, -0.15) is 0 Å². The predicted octanol–water partition coefficient (Wildman–Crippen LogP) is 1.16. The third kappa shape index (κ3) is 3.31. The summed E-state index contributed by atoms with van der Waals surface area (Å²) in [5.41, 5.74) is 7.49. The highest BCUT2D eigenvalue weighted by atomic mass is 16.4. The Balaban J connectivity index is 2.08. The predicted molar refractivity (Wildman–Crippen MR) is 80.7 cm³/mol.